The second-order valence-electron chi connectivity index (χ2n) is 5.07. The molecule has 0 aliphatic carbocycles. The van der Waals surface area contributed by atoms with E-state index in [4.69, 9.17) is 4.42 Å². The summed E-state index contributed by atoms with van der Waals surface area (Å²) in [6.45, 7) is 7.66. The first-order valence-electron chi connectivity index (χ1n) is 6.45. The number of rotatable bonds is 3. The average molecular weight is 261 g/mol. The minimum absolute atomic E-state index is 0.171. The molecular weight excluding hydrogens is 241 g/mol. The summed E-state index contributed by atoms with van der Waals surface area (Å²) in [6, 6.07) is 5.37. The third-order valence-corrected chi connectivity index (χ3v) is 3.45. The van der Waals surface area contributed by atoms with Gasteiger partial charge in [0.1, 0.15) is 17.3 Å². The fourth-order valence-electron chi connectivity index (χ4n) is 2.68. The maximum atomic E-state index is 14.3. The van der Waals surface area contributed by atoms with Crippen LogP contribution < -0.4 is 5.32 Å². The van der Waals surface area contributed by atoms with E-state index < -0.39 is 0 Å². The Morgan fingerprint density at radius 1 is 1.11 bits per heavy atom. The van der Waals surface area contributed by atoms with Crippen molar-refractivity contribution in [2.75, 3.05) is 7.05 Å². The van der Waals surface area contributed by atoms with E-state index in [1.54, 1.807) is 6.07 Å². The van der Waals surface area contributed by atoms with Crippen molar-refractivity contribution in [3.05, 3.63) is 57.8 Å². The first-order valence-corrected chi connectivity index (χ1v) is 6.45. The summed E-state index contributed by atoms with van der Waals surface area (Å²) < 4.78 is 19.9. The number of benzene rings is 1. The Morgan fingerprint density at radius 3 is 2.26 bits per heavy atom. The Bertz CT molecular complexity index is 578. The van der Waals surface area contributed by atoms with Crippen molar-refractivity contribution in [2.24, 2.45) is 0 Å². The molecule has 102 valence electrons. The molecule has 3 heteroatoms. The lowest BCUT2D eigenvalue weighted by Gasteiger charge is -2.19. The number of hydrogen-bond acceptors (Lipinski definition) is 2. The van der Waals surface area contributed by atoms with Crippen molar-refractivity contribution < 1.29 is 8.81 Å². The first-order chi connectivity index (χ1) is 8.93. The van der Waals surface area contributed by atoms with Crippen molar-refractivity contribution in [1.82, 2.24) is 5.32 Å². The summed E-state index contributed by atoms with van der Waals surface area (Å²) in [5.41, 5.74) is 3.58. The Balaban J connectivity index is 2.57. The van der Waals surface area contributed by atoms with Gasteiger partial charge in [0.05, 0.1) is 6.04 Å². The quantitative estimate of drug-likeness (QED) is 0.904. The Labute approximate surface area is 113 Å². The van der Waals surface area contributed by atoms with Crippen molar-refractivity contribution in [2.45, 2.75) is 33.7 Å². The summed E-state index contributed by atoms with van der Waals surface area (Å²) in [6.07, 6.45) is 0. The lowest BCUT2D eigenvalue weighted by molar-refractivity contribution is 0.494. The molecule has 0 saturated heterocycles. The van der Waals surface area contributed by atoms with Gasteiger partial charge in [-0.05, 0) is 58.0 Å². The van der Waals surface area contributed by atoms with E-state index in [9.17, 15) is 4.39 Å². The standard InChI is InChI=1S/C16H20FNO/c1-9-6-10(2)15(14(17)7-9)16(18-5)13-8-11(3)19-12(13)4/h6-8,16,18H,1-5H3. The van der Waals surface area contributed by atoms with Gasteiger partial charge in [0.25, 0.3) is 0 Å². The fraction of sp³-hybridized carbons (Fsp3) is 0.375. The Kier molecular flexibility index (Phi) is 3.76. The van der Waals surface area contributed by atoms with Crippen LogP contribution in [0.5, 0.6) is 0 Å². The maximum absolute atomic E-state index is 14.3. The van der Waals surface area contributed by atoms with Gasteiger partial charge < -0.3 is 9.73 Å². The monoisotopic (exact) mass is 261 g/mol. The van der Waals surface area contributed by atoms with Gasteiger partial charge in [-0.3, -0.25) is 0 Å². The molecule has 1 N–H and O–H groups in total. The van der Waals surface area contributed by atoms with E-state index in [2.05, 4.69) is 5.32 Å². The molecule has 0 fully saturated rings. The molecule has 1 atom stereocenters. The predicted molar refractivity (Wildman–Crippen MR) is 75.0 cm³/mol. The van der Waals surface area contributed by atoms with E-state index in [-0.39, 0.29) is 11.9 Å². The first kappa shape index (κ1) is 13.8. The van der Waals surface area contributed by atoms with Crippen LogP contribution in [0.3, 0.4) is 0 Å². The fourth-order valence-corrected chi connectivity index (χ4v) is 2.68. The lowest BCUT2D eigenvalue weighted by Crippen LogP contribution is -2.20. The van der Waals surface area contributed by atoms with Gasteiger partial charge in [-0.1, -0.05) is 6.07 Å². The number of nitrogens with one attached hydrogen (secondary N) is 1. The van der Waals surface area contributed by atoms with Crippen LogP contribution in [-0.2, 0) is 0 Å². The molecule has 19 heavy (non-hydrogen) atoms. The van der Waals surface area contributed by atoms with Crippen LogP contribution >= 0.6 is 0 Å². The largest absolute Gasteiger partial charge is 0.466 e. The van der Waals surface area contributed by atoms with E-state index in [1.165, 1.54) is 0 Å². The normalized spacial score (nSPS) is 12.7. The van der Waals surface area contributed by atoms with Crippen LogP contribution in [0, 0.1) is 33.5 Å². The number of halogens is 1. The zero-order valence-corrected chi connectivity index (χ0v) is 12.1. The zero-order chi connectivity index (χ0) is 14.2. The Hall–Kier alpha value is -1.61. The second kappa shape index (κ2) is 5.17. The highest BCUT2D eigenvalue weighted by Gasteiger charge is 2.22. The highest BCUT2D eigenvalue weighted by atomic mass is 19.1. The molecule has 0 amide bonds. The van der Waals surface area contributed by atoms with Crippen molar-refractivity contribution >= 4 is 0 Å². The van der Waals surface area contributed by atoms with Crippen LogP contribution in [0.4, 0.5) is 4.39 Å². The van der Waals surface area contributed by atoms with Gasteiger partial charge >= 0.3 is 0 Å². The SMILES string of the molecule is CNC(c1cc(C)oc1C)c1c(C)cc(C)cc1F. The van der Waals surface area contributed by atoms with Gasteiger partial charge in [-0.25, -0.2) is 4.39 Å². The summed E-state index contributed by atoms with van der Waals surface area (Å²) >= 11 is 0. The van der Waals surface area contributed by atoms with Crippen LogP contribution in [0.1, 0.15) is 39.8 Å². The molecule has 1 aromatic heterocycles. The van der Waals surface area contributed by atoms with Gasteiger partial charge in [-0.15, -0.1) is 0 Å². The summed E-state index contributed by atoms with van der Waals surface area (Å²) in [5, 5.41) is 3.19. The van der Waals surface area contributed by atoms with Crippen molar-refractivity contribution in [3.63, 3.8) is 0 Å². The molecule has 1 aromatic carbocycles. The smallest absolute Gasteiger partial charge is 0.128 e. The molecule has 1 unspecified atom stereocenters. The number of aryl methyl sites for hydroxylation is 4. The number of furan rings is 1. The van der Waals surface area contributed by atoms with Gasteiger partial charge in [0.15, 0.2) is 0 Å². The minimum atomic E-state index is -0.182. The molecule has 2 aromatic rings. The van der Waals surface area contributed by atoms with Crippen LogP contribution in [0.2, 0.25) is 0 Å². The lowest BCUT2D eigenvalue weighted by atomic mass is 9.93. The summed E-state index contributed by atoms with van der Waals surface area (Å²) in [4.78, 5) is 0. The Morgan fingerprint density at radius 2 is 1.79 bits per heavy atom. The minimum Gasteiger partial charge on any atom is -0.466 e. The summed E-state index contributed by atoms with van der Waals surface area (Å²) in [7, 11) is 1.84. The van der Waals surface area contributed by atoms with E-state index in [0.717, 1.165) is 28.2 Å². The molecule has 0 aliphatic heterocycles. The van der Waals surface area contributed by atoms with E-state index in [1.807, 2.05) is 46.9 Å². The molecule has 0 spiro atoms. The highest BCUT2D eigenvalue weighted by Crippen LogP contribution is 2.31. The second-order valence-corrected chi connectivity index (χ2v) is 5.07. The topological polar surface area (TPSA) is 25.2 Å². The molecule has 0 aliphatic rings. The van der Waals surface area contributed by atoms with Gasteiger partial charge in [-0.2, -0.15) is 0 Å². The zero-order valence-electron chi connectivity index (χ0n) is 12.1. The third kappa shape index (κ3) is 2.56. The molecule has 2 nitrogen and oxygen atoms in total. The van der Waals surface area contributed by atoms with Crippen LogP contribution in [0.25, 0.3) is 0 Å². The van der Waals surface area contributed by atoms with Crippen molar-refractivity contribution in [3.8, 4) is 0 Å². The molecule has 0 radical (unpaired) electrons. The molecule has 0 saturated carbocycles. The molecule has 0 bridgehead atoms. The van der Waals surface area contributed by atoms with Crippen LogP contribution in [0.15, 0.2) is 22.6 Å². The highest BCUT2D eigenvalue weighted by molar-refractivity contribution is 5.41. The van der Waals surface area contributed by atoms with Crippen molar-refractivity contribution in [1.29, 1.82) is 0 Å². The van der Waals surface area contributed by atoms with E-state index >= 15 is 0 Å². The maximum Gasteiger partial charge on any atom is 0.128 e. The van der Waals surface area contributed by atoms with Gasteiger partial charge in [0.2, 0.25) is 0 Å². The summed E-state index contributed by atoms with van der Waals surface area (Å²) in [5.74, 6) is 1.50. The molecule has 1 heterocycles. The van der Waals surface area contributed by atoms with Gasteiger partial charge in [0, 0.05) is 11.1 Å². The van der Waals surface area contributed by atoms with E-state index in [0.29, 0.717) is 5.56 Å². The third-order valence-electron chi connectivity index (χ3n) is 3.45. The molecular formula is C16H20FNO. The number of hydrogen-bond donors (Lipinski definition) is 1. The van der Waals surface area contributed by atoms with Crippen LogP contribution in [-0.4, -0.2) is 7.05 Å². The average Bonchev–Trinajstić information content (AvgIpc) is 2.62. The predicted octanol–water partition coefficient (Wildman–Crippen LogP) is 3.96. The molecule has 2 rings (SSSR count).